The van der Waals surface area contributed by atoms with Crippen molar-refractivity contribution in [3.63, 3.8) is 0 Å². The summed E-state index contributed by atoms with van der Waals surface area (Å²) in [6, 6.07) is 7.60. The molecule has 0 aromatic heterocycles. The fraction of sp³-hybridized carbons (Fsp3) is 0.417. The van der Waals surface area contributed by atoms with E-state index in [4.69, 9.17) is 10.5 Å². The molecule has 1 aliphatic rings. The summed E-state index contributed by atoms with van der Waals surface area (Å²) >= 11 is 0. The molecule has 2 rings (SSSR count). The van der Waals surface area contributed by atoms with Gasteiger partial charge >= 0.3 is 5.97 Å². The lowest BCUT2D eigenvalue weighted by molar-refractivity contribution is -0.143. The van der Waals surface area contributed by atoms with E-state index in [1.807, 2.05) is 24.3 Å². The zero-order valence-corrected chi connectivity index (χ0v) is 9.40. The fourth-order valence-corrected chi connectivity index (χ4v) is 1.95. The van der Waals surface area contributed by atoms with Crippen molar-refractivity contribution >= 4 is 5.97 Å². The molecule has 0 radical (unpaired) electrons. The van der Waals surface area contributed by atoms with Crippen LogP contribution in [0.4, 0.5) is 0 Å². The summed E-state index contributed by atoms with van der Waals surface area (Å²) in [6.45, 7) is 0. The number of nitrogens with two attached hydrogens (primary N) is 1. The zero-order chi connectivity index (χ0) is 11.8. The van der Waals surface area contributed by atoms with Gasteiger partial charge in [0.25, 0.3) is 0 Å². The van der Waals surface area contributed by atoms with Gasteiger partial charge in [0.2, 0.25) is 0 Å². The molecule has 2 atom stereocenters. The standard InChI is InChI=1S/C12H15NO3/c1-15-9-5-3-8(4-6-9)10-7-12(10,13)11(14)16-2/h3-6,10H,7,13H2,1-2H3. The minimum absolute atomic E-state index is 0.0610. The van der Waals surface area contributed by atoms with Crippen LogP contribution in [0.15, 0.2) is 24.3 Å². The van der Waals surface area contributed by atoms with E-state index in [2.05, 4.69) is 4.74 Å². The molecule has 1 aromatic rings. The average molecular weight is 221 g/mol. The topological polar surface area (TPSA) is 61.5 Å². The predicted octanol–water partition coefficient (Wildman–Crippen LogP) is 1.05. The Bertz CT molecular complexity index is 401. The second-order valence-electron chi connectivity index (χ2n) is 4.06. The number of esters is 1. The normalized spacial score (nSPS) is 27.3. The maximum absolute atomic E-state index is 11.4. The fourth-order valence-electron chi connectivity index (χ4n) is 1.95. The van der Waals surface area contributed by atoms with Crippen LogP contribution in [0.2, 0.25) is 0 Å². The summed E-state index contributed by atoms with van der Waals surface area (Å²) in [6.07, 6.45) is 0.645. The second-order valence-corrected chi connectivity index (χ2v) is 4.06. The van der Waals surface area contributed by atoms with Gasteiger partial charge in [0.15, 0.2) is 0 Å². The van der Waals surface area contributed by atoms with Crippen LogP contribution in [-0.2, 0) is 9.53 Å². The third-order valence-corrected chi connectivity index (χ3v) is 3.09. The van der Waals surface area contributed by atoms with Gasteiger partial charge in [-0.1, -0.05) is 12.1 Å². The number of ether oxygens (including phenoxy) is 2. The molecule has 0 spiro atoms. The van der Waals surface area contributed by atoms with E-state index in [0.717, 1.165) is 11.3 Å². The molecule has 0 aliphatic heterocycles. The van der Waals surface area contributed by atoms with Gasteiger partial charge < -0.3 is 15.2 Å². The number of carbonyl (C=O) groups is 1. The van der Waals surface area contributed by atoms with Crippen molar-refractivity contribution in [3.05, 3.63) is 29.8 Å². The van der Waals surface area contributed by atoms with Crippen LogP contribution in [0, 0.1) is 0 Å². The average Bonchev–Trinajstić information content (AvgIpc) is 3.02. The molecule has 0 bridgehead atoms. The van der Waals surface area contributed by atoms with Gasteiger partial charge in [0, 0.05) is 5.92 Å². The van der Waals surface area contributed by atoms with Crippen LogP contribution in [0.5, 0.6) is 5.75 Å². The highest BCUT2D eigenvalue weighted by atomic mass is 16.5. The predicted molar refractivity (Wildman–Crippen MR) is 59.3 cm³/mol. The van der Waals surface area contributed by atoms with Crippen LogP contribution in [0.25, 0.3) is 0 Å². The Labute approximate surface area is 94.3 Å². The van der Waals surface area contributed by atoms with E-state index >= 15 is 0 Å². The largest absolute Gasteiger partial charge is 0.497 e. The van der Waals surface area contributed by atoms with E-state index in [9.17, 15) is 4.79 Å². The molecule has 4 heteroatoms. The van der Waals surface area contributed by atoms with Crippen molar-refractivity contribution in [1.82, 2.24) is 0 Å². The van der Waals surface area contributed by atoms with Crippen molar-refractivity contribution in [2.24, 2.45) is 5.73 Å². The molecule has 86 valence electrons. The molecule has 16 heavy (non-hydrogen) atoms. The summed E-state index contributed by atoms with van der Waals surface area (Å²) in [7, 11) is 2.98. The van der Waals surface area contributed by atoms with Crippen molar-refractivity contribution in [3.8, 4) is 5.75 Å². The van der Waals surface area contributed by atoms with Crippen LogP contribution in [0.3, 0.4) is 0 Å². The zero-order valence-electron chi connectivity index (χ0n) is 9.40. The monoisotopic (exact) mass is 221 g/mol. The van der Waals surface area contributed by atoms with Crippen molar-refractivity contribution in [1.29, 1.82) is 0 Å². The number of rotatable bonds is 3. The molecule has 4 nitrogen and oxygen atoms in total. The molecule has 0 saturated heterocycles. The molecule has 2 N–H and O–H groups in total. The molecule has 0 amide bonds. The first kappa shape index (κ1) is 11.0. The summed E-state index contributed by atoms with van der Waals surface area (Å²) in [5.74, 6) is 0.518. The lowest BCUT2D eigenvalue weighted by Crippen LogP contribution is -2.35. The Morgan fingerprint density at radius 3 is 2.50 bits per heavy atom. The van der Waals surface area contributed by atoms with Gasteiger partial charge in [-0.3, -0.25) is 4.79 Å². The first-order valence-corrected chi connectivity index (χ1v) is 5.13. The van der Waals surface area contributed by atoms with Crippen molar-refractivity contribution < 1.29 is 14.3 Å². The molecule has 1 aliphatic carbocycles. The van der Waals surface area contributed by atoms with Crippen LogP contribution in [0.1, 0.15) is 17.9 Å². The molecule has 1 fully saturated rings. The molecule has 0 heterocycles. The lowest BCUT2D eigenvalue weighted by atomic mass is 10.1. The lowest BCUT2D eigenvalue weighted by Gasteiger charge is -2.09. The Morgan fingerprint density at radius 2 is 2.00 bits per heavy atom. The number of hydrogen-bond acceptors (Lipinski definition) is 4. The van der Waals surface area contributed by atoms with Gasteiger partial charge in [-0.15, -0.1) is 0 Å². The van der Waals surface area contributed by atoms with Crippen molar-refractivity contribution in [2.75, 3.05) is 14.2 Å². The Kier molecular flexibility index (Phi) is 2.59. The molecular weight excluding hydrogens is 206 g/mol. The van der Waals surface area contributed by atoms with Gasteiger partial charge in [0.05, 0.1) is 14.2 Å². The highest BCUT2D eigenvalue weighted by molar-refractivity contribution is 5.86. The van der Waals surface area contributed by atoms with Crippen LogP contribution < -0.4 is 10.5 Å². The molecule has 1 aromatic carbocycles. The van der Waals surface area contributed by atoms with E-state index in [0.29, 0.717) is 6.42 Å². The summed E-state index contributed by atoms with van der Waals surface area (Å²) in [5.41, 5.74) is 6.16. The summed E-state index contributed by atoms with van der Waals surface area (Å²) in [5, 5.41) is 0. The van der Waals surface area contributed by atoms with E-state index in [1.165, 1.54) is 7.11 Å². The maximum Gasteiger partial charge on any atom is 0.326 e. The maximum atomic E-state index is 11.4. The number of hydrogen-bond donors (Lipinski definition) is 1. The number of benzene rings is 1. The number of carbonyl (C=O) groups excluding carboxylic acids is 1. The van der Waals surface area contributed by atoms with Crippen molar-refractivity contribution in [2.45, 2.75) is 17.9 Å². The summed E-state index contributed by atoms with van der Waals surface area (Å²) < 4.78 is 9.75. The minimum Gasteiger partial charge on any atom is -0.497 e. The third kappa shape index (κ3) is 1.65. The highest BCUT2D eigenvalue weighted by Gasteiger charge is 2.58. The van der Waals surface area contributed by atoms with Gasteiger partial charge in [-0.25, -0.2) is 0 Å². The first-order valence-electron chi connectivity index (χ1n) is 5.13. The Balaban J connectivity index is 2.13. The minimum atomic E-state index is -0.830. The highest BCUT2D eigenvalue weighted by Crippen LogP contribution is 2.50. The Morgan fingerprint density at radius 1 is 1.38 bits per heavy atom. The Hall–Kier alpha value is -1.55. The SMILES string of the molecule is COC(=O)C1(N)CC1c1ccc(OC)cc1. The molecule has 1 saturated carbocycles. The summed E-state index contributed by atoms with van der Waals surface area (Å²) in [4.78, 5) is 11.4. The number of methoxy groups -OCH3 is 2. The molecular formula is C12H15NO3. The van der Waals surface area contributed by atoms with Crippen LogP contribution in [-0.4, -0.2) is 25.7 Å². The van der Waals surface area contributed by atoms with Gasteiger partial charge in [0.1, 0.15) is 11.3 Å². The first-order chi connectivity index (χ1) is 7.61. The van der Waals surface area contributed by atoms with E-state index < -0.39 is 5.54 Å². The quantitative estimate of drug-likeness (QED) is 0.775. The van der Waals surface area contributed by atoms with Gasteiger partial charge in [-0.05, 0) is 24.1 Å². The van der Waals surface area contributed by atoms with Gasteiger partial charge in [-0.2, -0.15) is 0 Å². The van der Waals surface area contributed by atoms with E-state index in [-0.39, 0.29) is 11.9 Å². The molecule has 2 unspecified atom stereocenters. The van der Waals surface area contributed by atoms with E-state index in [1.54, 1.807) is 7.11 Å². The third-order valence-electron chi connectivity index (χ3n) is 3.09. The smallest absolute Gasteiger partial charge is 0.326 e. The second kappa shape index (κ2) is 3.79. The van der Waals surface area contributed by atoms with Crippen LogP contribution >= 0.6 is 0 Å².